The standard InChI is InChI=1S/C36H38F4N4O4S.C2H6.2H2/c1-36(30-15-25(38)16-31(39)35(30)36)29(23-7-9-24(37)10-8-23)17-34(46)43-33-20-42-19-32(40)28(33)4-2-3-26-18-41-13-14-44(26)49(47,48)27-11-5-22(21-45)6-12-27;1-2;;/h5-12,15-16,19,21,26,29-30,35,41-42H,2-4,13-14,17-18,20H2,1H3,(H,43,46);1-2H3;2*1H/t26-,29-,30?,35?,36?;;;/m0.../s1. The number of benzene rings is 2. The van der Waals surface area contributed by atoms with Gasteiger partial charge in [-0.15, -0.1) is 0 Å². The number of aldehydes is 1. The second-order valence-electron chi connectivity index (χ2n) is 13.2. The van der Waals surface area contributed by atoms with Crippen molar-refractivity contribution >= 4 is 22.2 Å². The van der Waals surface area contributed by atoms with Crippen LogP contribution in [0.4, 0.5) is 17.6 Å². The Balaban J connectivity index is 0.00000186. The molecule has 1 saturated carbocycles. The third kappa shape index (κ3) is 8.05. The van der Waals surface area contributed by atoms with E-state index in [1.807, 2.05) is 13.8 Å². The average Bonchev–Trinajstić information content (AvgIpc) is 3.74. The molecule has 0 spiro atoms. The first-order chi connectivity index (χ1) is 24.4. The van der Waals surface area contributed by atoms with Crippen LogP contribution in [0, 0.1) is 23.1 Å². The Morgan fingerprint density at radius 1 is 1.10 bits per heavy atom. The highest BCUT2D eigenvalue weighted by molar-refractivity contribution is 7.89. The number of hydrogen-bond acceptors (Lipinski definition) is 6. The molecule has 2 aliphatic heterocycles. The molecule has 0 bridgehead atoms. The minimum absolute atomic E-state index is 0. The van der Waals surface area contributed by atoms with Gasteiger partial charge in [0.05, 0.1) is 11.4 Å². The molecule has 4 aliphatic rings. The molecular weight excluding hydrogens is 685 g/mol. The second-order valence-corrected chi connectivity index (χ2v) is 15.1. The predicted octanol–water partition coefficient (Wildman–Crippen LogP) is 7.22. The predicted molar refractivity (Wildman–Crippen MR) is 191 cm³/mol. The van der Waals surface area contributed by atoms with Crippen LogP contribution in [0.2, 0.25) is 0 Å². The van der Waals surface area contributed by atoms with E-state index in [2.05, 4.69) is 16.0 Å². The van der Waals surface area contributed by atoms with E-state index in [-0.39, 0.29) is 33.7 Å². The summed E-state index contributed by atoms with van der Waals surface area (Å²) in [6, 6.07) is 11.0. The number of hydrogen-bond donors (Lipinski definition) is 3. The van der Waals surface area contributed by atoms with Crippen LogP contribution < -0.4 is 16.0 Å². The summed E-state index contributed by atoms with van der Waals surface area (Å²) >= 11 is 0. The van der Waals surface area contributed by atoms with E-state index in [4.69, 9.17) is 0 Å². The highest BCUT2D eigenvalue weighted by Gasteiger charge is 2.67. The van der Waals surface area contributed by atoms with E-state index in [1.165, 1.54) is 53.0 Å². The van der Waals surface area contributed by atoms with Crippen molar-refractivity contribution in [2.45, 2.75) is 63.3 Å². The van der Waals surface area contributed by atoms with Crippen molar-refractivity contribution < 1.29 is 38.4 Å². The number of fused-ring (bicyclic) bond motifs is 1. The molecule has 0 aromatic heterocycles. The average molecular weight is 733 g/mol. The number of amides is 1. The topological polar surface area (TPSA) is 108 Å². The van der Waals surface area contributed by atoms with Crippen LogP contribution >= 0.6 is 0 Å². The Hall–Kier alpha value is -4.07. The SMILES string of the molecule is CC.CC1([C@@H](CC(=O)NC2=C(CCC[C@H]3CNCCN3S(=O)(=O)c3ccc(C=O)cc3)C(F)=CNC2)c2ccc(F)cc2)C2C=C(F)C=C(F)C21.[HH].[HH]. The van der Waals surface area contributed by atoms with Crippen LogP contribution in [-0.2, 0) is 14.8 Å². The van der Waals surface area contributed by atoms with Crippen molar-refractivity contribution in [2.24, 2.45) is 17.3 Å². The zero-order valence-electron chi connectivity index (χ0n) is 28.9. The molecule has 278 valence electrons. The van der Waals surface area contributed by atoms with Gasteiger partial charge in [0.15, 0.2) is 0 Å². The third-order valence-electron chi connectivity index (χ3n) is 10.3. The number of nitrogens with one attached hydrogen (secondary N) is 3. The molecule has 6 rings (SSSR count). The normalized spacial score (nSPS) is 25.2. The number of sulfonamides is 1. The van der Waals surface area contributed by atoms with Crippen molar-refractivity contribution in [3.05, 3.63) is 113 Å². The lowest BCUT2D eigenvalue weighted by Crippen LogP contribution is -2.53. The van der Waals surface area contributed by atoms with Gasteiger partial charge in [-0.05, 0) is 72.4 Å². The zero-order valence-corrected chi connectivity index (χ0v) is 29.7. The van der Waals surface area contributed by atoms with Gasteiger partial charge in [-0.2, -0.15) is 4.31 Å². The Bertz CT molecular complexity index is 1860. The summed E-state index contributed by atoms with van der Waals surface area (Å²) in [5.41, 5.74) is 0.761. The molecule has 3 unspecified atom stereocenters. The van der Waals surface area contributed by atoms with Gasteiger partial charge in [0, 0.05) is 70.0 Å². The molecule has 13 heteroatoms. The van der Waals surface area contributed by atoms with Gasteiger partial charge in [0.25, 0.3) is 0 Å². The number of allylic oxidation sites excluding steroid dienone is 6. The molecule has 2 aliphatic carbocycles. The lowest BCUT2D eigenvalue weighted by atomic mass is 9.79. The molecule has 1 amide bonds. The molecule has 5 atom stereocenters. The summed E-state index contributed by atoms with van der Waals surface area (Å²) in [7, 11) is -3.85. The zero-order chi connectivity index (χ0) is 36.9. The molecule has 2 aromatic carbocycles. The first-order valence-electron chi connectivity index (χ1n) is 17.3. The Morgan fingerprint density at radius 3 is 2.49 bits per heavy atom. The molecule has 51 heavy (non-hydrogen) atoms. The summed E-state index contributed by atoms with van der Waals surface area (Å²) in [5.74, 6) is -4.41. The van der Waals surface area contributed by atoms with E-state index in [9.17, 15) is 31.2 Å². The van der Waals surface area contributed by atoms with Crippen molar-refractivity contribution in [1.82, 2.24) is 20.3 Å². The van der Waals surface area contributed by atoms with Gasteiger partial charge in [0.1, 0.15) is 29.6 Å². The number of carbonyl (C=O) groups is 2. The highest BCUT2D eigenvalue weighted by Crippen LogP contribution is 2.71. The fourth-order valence-electron chi connectivity index (χ4n) is 7.64. The van der Waals surface area contributed by atoms with Gasteiger partial charge in [-0.25, -0.2) is 26.0 Å². The van der Waals surface area contributed by atoms with Crippen LogP contribution in [0.3, 0.4) is 0 Å². The van der Waals surface area contributed by atoms with Crippen LogP contribution in [0.15, 0.2) is 101 Å². The summed E-state index contributed by atoms with van der Waals surface area (Å²) in [6.45, 7) is 7.08. The van der Waals surface area contributed by atoms with Gasteiger partial charge < -0.3 is 16.0 Å². The molecule has 0 radical (unpaired) electrons. The van der Waals surface area contributed by atoms with Crippen molar-refractivity contribution in [3.63, 3.8) is 0 Å². The van der Waals surface area contributed by atoms with Gasteiger partial charge in [0.2, 0.25) is 15.9 Å². The Morgan fingerprint density at radius 2 is 1.80 bits per heavy atom. The molecular formula is C38H48F4N4O4S. The number of dihydropyridines is 1. The lowest BCUT2D eigenvalue weighted by Gasteiger charge is -2.35. The van der Waals surface area contributed by atoms with E-state index >= 15 is 4.39 Å². The van der Waals surface area contributed by atoms with Gasteiger partial charge in [-0.3, -0.25) is 9.59 Å². The number of carbonyl (C=O) groups excluding carboxylic acids is 2. The van der Waals surface area contributed by atoms with Gasteiger partial charge in [-0.1, -0.05) is 45.0 Å². The molecule has 2 fully saturated rings. The van der Waals surface area contributed by atoms with E-state index in [0.29, 0.717) is 54.6 Å². The minimum Gasteiger partial charge on any atom is -0.383 e. The Kier molecular flexibility index (Phi) is 12.0. The molecule has 3 N–H and O–H groups in total. The first kappa shape index (κ1) is 38.2. The fraction of sp³-hybridized carbons (Fsp3) is 0.421. The number of halogens is 4. The van der Waals surface area contributed by atoms with Crippen LogP contribution in [0.5, 0.6) is 0 Å². The highest BCUT2D eigenvalue weighted by atomic mass is 32.2. The van der Waals surface area contributed by atoms with Crippen molar-refractivity contribution in [2.75, 3.05) is 26.2 Å². The minimum atomic E-state index is -3.85. The van der Waals surface area contributed by atoms with E-state index < -0.39 is 68.4 Å². The van der Waals surface area contributed by atoms with E-state index in [1.54, 1.807) is 19.1 Å². The maximum atomic E-state index is 15.2. The van der Waals surface area contributed by atoms with Crippen LogP contribution in [0.1, 0.15) is 71.1 Å². The third-order valence-corrected chi connectivity index (χ3v) is 12.3. The lowest BCUT2D eigenvalue weighted by molar-refractivity contribution is -0.121. The summed E-state index contributed by atoms with van der Waals surface area (Å²) in [5, 5.41) is 8.89. The summed E-state index contributed by atoms with van der Waals surface area (Å²) < 4.78 is 86.5. The van der Waals surface area contributed by atoms with Crippen LogP contribution in [-0.4, -0.2) is 57.1 Å². The smallest absolute Gasteiger partial charge is 0.243 e. The van der Waals surface area contributed by atoms with Crippen LogP contribution in [0.25, 0.3) is 0 Å². The monoisotopic (exact) mass is 732 g/mol. The molecule has 2 aromatic rings. The molecule has 1 saturated heterocycles. The number of rotatable bonds is 12. The maximum absolute atomic E-state index is 15.2. The molecule has 8 nitrogen and oxygen atoms in total. The largest absolute Gasteiger partial charge is 0.383 e. The summed E-state index contributed by atoms with van der Waals surface area (Å²) in [4.78, 5) is 24.7. The number of nitrogens with zero attached hydrogens (tertiary/aromatic N) is 1. The first-order valence-corrected chi connectivity index (χ1v) is 18.8. The van der Waals surface area contributed by atoms with Gasteiger partial charge >= 0.3 is 0 Å². The Labute approximate surface area is 299 Å². The quantitative estimate of drug-likeness (QED) is 0.157. The summed E-state index contributed by atoms with van der Waals surface area (Å²) in [6.07, 6.45) is 5.02. The second kappa shape index (κ2) is 16.1. The van der Waals surface area contributed by atoms with Crippen molar-refractivity contribution in [1.29, 1.82) is 0 Å². The van der Waals surface area contributed by atoms with Crippen molar-refractivity contribution in [3.8, 4) is 0 Å². The number of piperazine rings is 1. The van der Waals surface area contributed by atoms with E-state index in [0.717, 1.165) is 6.08 Å². The maximum Gasteiger partial charge on any atom is 0.243 e. The molecule has 2 heterocycles. The fourth-order valence-corrected chi connectivity index (χ4v) is 9.30.